The molecule has 0 saturated carbocycles. The Morgan fingerprint density at radius 2 is 2.25 bits per heavy atom. The molecule has 0 aliphatic carbocycles. The van der Waals surface area contributed by atoms with E-state index in [1.165, 1.54) is 23.1 Å². The number of carbonyl (C=O) groups is 1. The Bertz CT molecular complexity index is 905. The van der Waals surface area contributed by atoms with Crippen molar-refractivity contribution in [1.82, 2.24) is 4.98 Å². The molecule has 1 aliphatic rings. The molecule has 3 rings (SSSR count). The predicted octanol–water partition coefficient (Wildman–Crippen LogP) is 2.27. The Hall–Kier alpha value is -1.62. The van der Waals surface area contributed by atoms with E-state index in [4.69, 9.17) is 9.92 Å². The van der Waals surface area contributed by atoms with Crippen LogP contribution in [-0.2, 0) is 14.9 Å². The quantitative estimate of drug-likeness (QED) is 0.734. The van der Waals surface area contributed by atoms with Gasteiger partial charge in [-0.05, 0) is 18.6 Å². The Balaban J connectivity index is 1.80. The lowest BCUT2D eigenvalue weighted by Gasteiger charge is -2.06. The third-order valence-electron chi connectivity index (χ3n) is 3.10. The molecule has 0 atom stereocenters. The van der Waals surface area contributed by atoms with E-state index in [9.17, 15) is 13.2 Å². The second kappa shape index (κ2) is 7.09. The highest BCUT2D eigenvalue weighted by Gasteiger charge is 2.23. The number of benzene rings is 1. The molecule has 24 heavy (non-hydrogen) atoms. The lowest BCUT2D eigenvalue weighted by Crippen LogP contribution is -2.15. The maximum atomic E-state index is 12.2. The summed E-state index contributed by atoms with van der Waals surface area (Å²) in [7, 11) is -3.78. The van der Waals surface area contributed by atoms with Gasteiger partial charge in [-0.25, -0.2) is 4.98 Å². The number of amides is 1. The van der Waals surface area contributed by atoms with Crippen molar-refractivity contribution in [1.29, 1.82) is 0 Å². The van der Waals surface area contributed by atoms with E-state index >= 15 is 0 Å². The molecule has 0 saturated heterocycles. The molecule has 0 spiro atoms. The Labute approximate surface area is 147 Å². The first-order valence-corrected chi connectivity index (χ1v) is 10.4. The molecular weight excluding hydrogens is 370 g/mol. The maximum absolute atomic E-state index is 12.2. The van der Waals surface area contributed by atoms with Crippen LogP contribution in [0.5, 0.6) is 5.75 Å². The number of aromatic nitrogens is 1. The topological polar surface area (TPSA) is 111 Å². The van der Waals surface area contributed by atoms with E-state index in [0.717, 1.165) is 16.9 Å². The van der Waals surface area contributed by atoms with Crippen LogP contribution < -0.4 is 15.2 Å². The second-order valence-electron chi connectivity index (χ2n) is 4.93. The van der Waals surface area contributed by atoms with Gasteiger partial charge in [0.2, 0.25) is 5.91 Å². The van der Waals surface area contributed by atoms with Gasteiger partial charge in [-0.3, -0.25) is 4.79 Å². The zero-order valence-corrected chi connectivity index (χ0v) is 15.0. The summed E-state index contributed by atoms with van der Waals surface area (Å²) in [5, 5.41) is 3.10. The smallest absolute Gasteiger partial charge is 0.345 e. The fourth-order valence-corrected chi connectivity index (χ4v) is 5.33. The summed E-state index contributed by atoms with van der Waals surface area (Å²) in [4.78, 5) is 15.8. The summed E-state index contributed by atoms with van der Waals surface area (Å²) in [6.45, 7) is 0.264. The van der Waals surface area contributed by atoms with Crippen molar-refractivity contribution in [2.24, 2.45) is 5.73 Å². The number of nitrogens with zero attached hydrogens (tertiary/aromatic N) is 1. The number of fused-ring (bicyclic) bond motifs is 1. The van der Waals surface area contributed by atoms with Crippen molar-refractivity contribution in [3.63, 3.8) is 0 Å². The van der Waals surface area contributed by atoms with Crippen LogP contribution in [0.1, 0.15) is 12.8 Å². The molecule has 0 radical (unpaired) electrons. The van der Waals surface area contributed by atoms with Gasteiger partial charge in [-0.2, -0.15) is 8.42 Å². The van der Waals surface area contributed by atoms with Crippen LogP contribution in [-0.4, -0.2) is 31.6 Å². The highest BCUT2D eigenvalue weighted by atomic mass is 32.3. The molecule has 0 unspecified atom stereocenters. The Kier molecular flexibility index (Phi) is 5.09. The predicted molar refractivity (Wildman–Crippen MR) is 96.6 cm³/mol. The SMILES string of the molecule is NCCC(=O)Nc1nc2ccc(OS(=O)(=O)C3=CCCS3)cc2s1. The second-order valence-corrected chi connectivity index (χ2v) is 8.87. The highest BCUT2D eigenvalue weighted by molar-refractivity contribution is 8.17. The van der Waals surface area contributed by atoms with Crippen LogP contribution in [0.25, 0.3) is 10.2 Å². The number of nitrogens with one attached hydrogen (secondary N) is 1. The molecule has 128 valence electrons. The molecule has 7 nitrogen and oxygen atoms in total. The van der Waals surface area contributed by atoms with E-state index in [2.05, 4.69) is 10.3 Å². The lowest BCUT2D eigenvalue weighted by atomic mass is 10.3. The van der Waals surface area contributed by atoms with Gasteiger partial charge in [0.1, 0.15) is 9.99 Å². The minimum absolute atomic E-state index is 0.208. The molecular formula is C14H15N3O4S3. The minimum atomic E-state index is -3.78. The number of rotatable bonds is 6. The van der Waals surface area contributed by atoms with Gasteiger partial charge in [-0.1, -0.05) is 17.4 Å². The first kappa shape index (κ1) is 17.2. The number of carbonyl (C=O) groups excluding carboxylic acids is 1. The van der Waals surface area contributed by atoms with Crippen LogP contribution in [0, 0.1) is 0 Å². The van der Waals surface area contributed by atoms with Gasteiger partial charge in [0.05, 0.1) is 10.2 Å². The number of anilines is 1. The number of hydrogen-bond acceptors (Lipinski definition) is 8. The van der Waals surface area contributed by atoms with Crippen LogP contribution in [0.3, 0.4) is 0 Å². The summed E-state index contributed by atoms with van der Waals surface area (Å²) in [5.41, 5.74) is 5.99. The summed E-state index contributed by atoms with van der Waals surface area (Å²) in [6.07, 6.45) is 2.61. The van der Waals surface area contributed by atoms with Gasteiger partial charge < -0.3 is 15.2 Å². The number of thiazole rings is 1. The van der Waals surface area contributed by atoms with Crippen molar-refractivity contribution in [2.45, 2.75) is 12.8 Å². The minimum Gasteiger partial charge on any atom is -0.379 e. The first-order chi connectivity index (χ1) is 11.5. The third-order valence-corrected chi connectivity index (χ3v) is 6.97. The fourth-order valence-electron chi connectivity index (χ4n) is 2.06. The molecule has 10 heteroatoms. The third kappa shape index (κ3) is 3.89. The first-order valence-electron chi connectivity index (χ1n) is 7.16. The van der Waals surface area contributed by atoms with E-state index in [1.807, 2.05) is 0 Å². The average Bonchev–Trinajstić information content (AvgIpc) is 3.15. The molecule has 0 bridgehead atoms. The van der Waals surface area contributed by atoms with Crippen LogP contribution in [0.15, 0.2) is 28.5 Å². The van der Waals surface area contributed by atoms with Crippen LogP contribution in [0.2, 0.25) is 0 Å². The van der Waals surface area contributed by atoms with Gasteiger partial charge in [0.15, 0.2) is 5.13 Å². The molecule has 3 N–H and O–H groups in total. The average molecular weight is 385 g/mol. The van der Waals surface area contributed by atoms with Crippen LogP contribution >= 0.6 is 23.1 Å². The molecule has 2 heterocycles. The standard InChI is InChI=1S/C14H15N3O4S3/c15-6-5-12(18)17-14-16-10-4-3-9(8-11(10)23-14)21-24(19,20)13-2-1-7-22-13/h2-4,8H,1,5-7,15H2,(H,16,17,18). The lowest BCUT2D eigenvalue weighted by molar-refractivity contribution is -0.116. The van der Waals surface area contributed by atoms with E-state index < -0.39 is 10.1 Å². The van der Waals surface area contributed by atoms with Crippen molar-refractivity contribution >= 4 is 54.5 Å². The molecule has 1 aromatic heterocycles. The number of nitrogens with two attached hydrogens (primary N) is 1. The van der Waals surface area contributed by atoms with E-state index in [0.29, 0.717) is 10.6 Å². The normalized spacial score (nSPS) is 14.6. The highest BCUT2D eigenvalue weighted by Crippen LogP contribution is 2.34. The summed E-state index contributed by atoms with van der Waals surface area (Å²) in [5.74, 6) is 0.762. The molecule has 0 fully saturated rings. The van der Waals surface area contributed by atoms with Gasteiger partial charge in [0.25, 0.3) is 0 Å². The van der Waals surface area contributed by atoms with E-state index in [1.54, 1.807) is 24.3 Å². The van der Waals surface area contributed by atoms with Gasteiger partial charge in [-0.15, -0.1) is 11.8 Å². The zero-order valence-electron chi connectivity index (χ0n) is 12.5. The molecule has 1 aromatic carbocycles. The Morgan fingerprint density at radius 1 is 1.42 bits per heavy atom. The molecule has 1 aliphatic heterocycles. The van der Waals surface area contributed by atoms with Crippen molar-refractivity contribution in [3.05, 3.63) is 28.5 Å². The fraction of sp³-hybridized carbons (Fsp3) is 0.286. The number of allylic oxidation sites excluding steroid dienone is 1. The van der Waals surface area contributed by atoms with Gasteiger partial charge >= 0.3 is 10.1 Å². The van der Waals surface area contributed by atoms with Crippen molar-refractivity contribution in [3.8, 4) is 5.75 Å². The Morgan fingerprint density at radius 3 is 2.96 bits per heavy atom. The molecule has 2 aromatic rings. The zero-order chi connectivity index (χ0) is 17.2. The van der Waals surface area contributed by atoms with Crippen molar-refractivity contribution in [2.75, 3.05) is 17.6 Å². The maximum Gasteiger partial charge on any atom is 0.345 e. The van der Waals surface area contributed by atoms with Crippen molar-refractivity contribution < 1.29 is 17.4 Å². The monoisotopic (exact) mass is 385 g/mol. The molecule has 1 amide bonds. The number of hydrogen-bond donors (Lipinski definition) is 2. The van der Waals surface area contributed by atoms with Gasteiger partial charge in [0, 0.05) is 24.8 Å². The van der Waals surface area contributed by atoms with E-state index in [-0.39, 0.29) is 28.9 Å². The number of thioether (sulfide) groups is 1. The summed E-state index contributed by atoms with van der Waals surface area (Å²) < 4.78 is 30.5. The summed E-state index contributed by atoms with van der Waals surface area (Å²) >= 11 is 2.51. The largest absolute Gasteiger partial charge is 0.379 e. The summed E-state index contributed by atoms with van der Waals surface area (Å²) in [6, 6.07) is 4.81. The van der Waals surface area contributed by atoms with Crippen LogP contribution in [0.4, 0.5) is 5.13 Å².